The fourth-order valence-corrected chi connectivity index (χ4v) is 2.00. The summed E-state index contributed by atoms with van der Waals surface area (Å²) in [4.78, 5) is 0. The molecule has 1 rings (SSSR count). The molecule has 0 aliphatic rings. The number of benzene rings is 1. The Morgan fingerprint density at radius 1 is 1.31 bits per heavy atom. The van der Waals surface area contributed by atoms with E-state index in [0.29, 0.717) is 5.56 Å². The highest BCUT2D eigenvalue weighted by Crippen LogP contribution is 2.36. The van der Waals surface area contributed by atoms with Crippen molar-refractivity contribution in [1.29, 1.82) is 0 Å². The van der Waals surface area contributed by atoms with Gasteiger partial charge in [0.2, 0.25) is 6.43 Å². The first-order valence-corrected chi connectivity index (χ1v) is 5.97. The van der Waals surface area contributed by atoms with Gasteiger partial charge in [-0.25, -0.2) is 8.78 Å². The van der Waals surface area contributed by atoms with Crippen molar-refractivity contribution < 1.29 is 13.9 Å². The van der Waals surface area contributed by atoms with E-state index >= 15 is 0 Å². The van der Waals surface area contributed by atoms with Crippen LogP contribution < -0.4 is 0 Å². The van der Waals surface area contributed by atoms with Crippen LogP contribution in [0.4, 0.5) is 8.78 Å². The van der Waals surface area contributed by atoms with Gasteiger partial charge in [0.05, 0.1) is 11.5 Å². The molecule has 2 unspecified atom stereocenters. The predicted octanol–water partition coefficient (Wildman–Crippen LogP) is 3.95. The molecule has 1 aromatic carbocycles. The van der Waals surface area contributed by atoms with Crippen LogP contribution in [0.1, 0.15) is 25.8 Å². The van der Waals surface area contributed by atoms with Crippen LogP contribution in [-0.2, 0) is 5.60 Å². The maximum absolute atomic E-state index is 12.7. The standard InChI is InChI=1S/C12H15BrF2O/c1-3-12(16,8(2)11(14)15)9-4-6-10(13)7-5-9/h4-8,11,16H,3H2,1-2H3. The van der Waals surface area contributed by atoms with Gasteiger partial charge in [0.15, 0.2) is 0 Å². The Hall–Kier alpha value is -0.480. The summed E-state index contributed by atoms with van der Waals surface area (Å²) in [6.45, 7) is 3.08. The summed E-state index contributed by atoms with van der Waals surface area (Å²) in [5.41, 5.74) is -0.930. The lowest BCUT2D eigenvalue weighted by molar-refractivity contribution is -0.0847. The smallest absolute Gasteiger partial charge is 0.244 e. The van der Waals surface area contributed by atoms with Gasteiger partial charge < -0.3 is 5.11 Å². The van der Waals surface area contributed by atoms with E-state index < -0.39 is 17.9 Å². The first-order valence-electron chi connectivity index (χ1n) is 5.18. The zero-order chi connectivity index (χ0) is 12.3. The van der Waals surface area contributed by atoms with Gasteiger partial charge in [0, 0.05) is 4.47 Å². The molecule has 16 heavy (non-hydrogen) atoms. The molecule has 0 aromatic heterocycles. The minimum Gasteiger partial charge on any atom is -0.385 e. The number of halogens is 3. The van der Waals surface area contributed by atoms with E-state index in [9.17, 15) is 13.9 Å². The molecule has 0 aliphatic carbocycles. The predicted molar refractivity (Wildman–Crippen MR) is 63.5 cm³/mol. The van der Waals surface area contributed by atoms with Crippen molar-refractivity contribution in [2.75, 3.05) is 0 Å². The molecule has 0 radical (unpaired) electrons. The molecule has 0 saturated carbocycles. The van der Waals surface area contributed by atoms with Crippen LogP contribution in [0, 0.1) is 5.92 Å². The number of hydrogen-bond acceptors (Lipinski definition) is 1. The second kappa shape index (κ2) is 5.23. The molecule has 0 saturated heterocycles. The fourth-order valence-electron chi connectivity index (χ4n) is 1.74. The Kier molecular flexibility index (Phi) is 4.44. The monoisotopic (exact) mass is 292 g/mol. The Morgan fingerprint density at radius 3 is 2.19 bits per heavy atom. The zero-order valence-corrected chi connectivity index (χ0v) is 10.8. The second-order valence-electron chi connectivity index (χ2n) is 3.91. The molecule has 2 atom stereocenters. The van der Waals surface area contributed by atoms with Gasteiger partial charge in [-0.15, -0.1) is 0 Å². The van der Waals surface area contributed by atoms with Crippen molar-refractivity contribution >= 4 is 15.9 Å². The SMILES string of the molecule is CCC(O)(c1ccc(Br)cc1)C(C)C(F)F. The van der Waals surface area contributed by atoms with Gasteiger partial charge in [-0.2, -0.15) is 0 Å². The number of rotatable bonds is 4. The molecular formula is C12H15BrF2O. The lowest BCUT2D eigenvalue weighted by Gasteiger charge is -2.33. The van der Waals surface area contributed by atoms with Crippen LogP contribution in [-0.4, -0.2) is 11.5 Å². The van der Waals surface area contributed by atoms with Gasteiger partial charge in [0.1, 0.15) is 0 Å². The third-order valence-corrected chi connectivity index (χ3v) is 3.54. The third kappa shape index (κ3) is 2.61. The summed E-state index contributed by atoms with van der Waals surface area (Å²) in [6.07, 6.45) is -2.27. The van der Waals surface area contributed by atoms with E-state index in [1.165, 1.54) is 6.92 Å². The Labute approximate surface area is 103 Å². The van der Waals surface area contributed by atoms with Crippen molar-refractivity contribution in [2.24, 2.45) is 5.92 Å². The van der Waals surface area contributed by atoms with Gasteiger partial charge >= 0.3 is 0 Å². The lowest BCUT2D eigenvalue weighted by atomic mass is 9.80. The minimum absolute atomic E-state index is 0.264. The highest BCUT2D eigenvalue weighted by molar-refractivity contribution is 9.10. The van der Waals surface area contributed by atoms with Crippen molar-refractivity contribution in [3.05, 3.63) is 34.3 Å². The van der Waals surface area contributed by atoms with E-state index in [1.807, 2.05) is 0 Å². The minimum atomic E-state index is -2.53. The summed E-state index contributed by atoms with van der Waals surface area (Å²) in [5, 5.41) is 10.3. The first kappa shape index (κ1) is 13.6. The summed E-state index contributed by atoms with van der Waals surface area (Å²) in [7, 11) is 0. The van der Waals surface area contributed by atoms with Crippen molar-refractivity contribution in [2.45, 2.75) is 32.3 Å². The zero-order valence-electron chi connectivity index (χ0n) is 9.25. The quantitative estimate of drug-likeness (QED) is 0.891. The molecule has 0 heterocycles. The third-order valence-electron chi connectivity index (χ3n) is 3.01. The largest absolute Gasteiger partial charge is 0.385 e. The Bertz CT molecular complexity index is 339. The van der Waals surface area contributed by atoms with Crippen LogP contribution in [0.2, 0.25) is 0 Å². The van der Waals surface area contributed by atoms with E-state index in [0.717, 1.165) is 4.47 Å². The summed E-state index contributed by atoms with van der Waals surface area (Å²) in [5.74, 6) is -1.08. The summed E-state index contributed by atoms with van der Waals surface area (Å²) >= 11 is 3.27. The molecule has 4 heteroatoms. The van der Waals surface area contributed by atoms with Crippen LogP contribution in [0.25, 0.3) is 0 Å². The van der Waals surface area contributed by atoms with Crippen LogP contribution in [0.15, 0.2) is 28.7 Å². The van der Waals surface area contributed by atoms with Gasteiger partial charge in [0.25, 0.3) is 0 Å². The van der Waals surface area contributed by atoms with E-state index in [2.05, 4.69) is 15.9 Å². The van der Waals surface area contributed by atoms with Crippen LogP contribution >= 0.6 is 15.9 Å². The maximum Gasteiger partial charge on any atom is 0.244 e. The molecule has 1 aromatic rings. The molecule has 90 valence electrons. The van der Waals surface area contributed by atoms with Gasteiger partial charge in [-0.05, 0) is 24.1 Å². The van der Waals surface area contributed by atoms with Crippen LogP contribution in [0.3, 0.4) is 0 Å². The van der Waals surface area contributed by atoms with Crippen molar-refractivity contribution in [3.8, 4) is 0 Å². The Balaban J connectivity index is 3.09. The number of hydrogen-bond donors (Lipinski definition) is 1. The molecule has 0 amide bonds. The second-order valence-corrected chi connectivity index (χ2v) is 4.82. The molecule has 0 aliphatic heterocycles. The normalized spacial score (nSPS) is 17.2. The topological polar surface area (TPSA) is 20.2 Å². The highest BCUT2D eigenvalue weighted by Gasteiger charge is 2.39. The highest BCUT2D eigenvalue weighted by atomic mass is 79.9. The van der Waals surface area contributed by atoms with Gasteiger partial charge in [-0.3, -0.25) is 0 Å². The maximum atomic E-state index is 12.7. The molecule has 1 N–H and O–H groups in total. The number of aliphatic hydroxyl groups is 1. The molecule has 0 spiro atoms. The molecular weight excluding hydrogens is 278 g/mol. The molecule has 0 fully saturated rings. The van der Waals surface area contributed by atoms with Crippen molar-refractivity contribution in [1.82, 2.24) is 0 Å². The Morgan fingerprint density at radius 2 is 1.81 bits per heavy atom. The first-order chi connectivity index (χ1) is 7.41. The number of alkyl halides is 2. The summed E-state index contributed by atoms with van der Waals surface area (Å²) in [6, 6.07) is 6.83. The summed E-state index contributed by atoms with van der Waals surface area (Å²) < 4.78 is 26.3. The molecule has 0 bridgehead atoms. The van der Waals surface area contributed by atoms with Crippen molar-refractivity contribution in [3.63, 3.8) is 0 Å². The van der Waals surface area contributed by atoms with E-state index in [-0.39, 0.29) is 6.42 Å². The van der Waals surface area contributed by atoms with Gasteiger partial charge in [-0.1, -0.05) is 41.9 Å². The van der Waals surface area contributed by atoms with E-state index in [4.69, 9.17) is 0 Å². The van der Waals surface area contributed by atoms with E-state index in [1.54, 1.807) is 31.2 Å². The molecule has 1 nitrogen and oxygen atoms in total. The lowest BCUT2D eigenvalue weighted by Crippen LogP contribution is -2.36. The average molecular weight is 293 g/mol. The fraction of sp³-hybridized carbons (Fsp3) is 0.500. The van der Waals surface area contributed by atoms with Crippen LogP contribution in [0.5, 0.6) is 0 Å². The average Bonchev–Trinajstić information content (AvgIpc) is 2.27.